The van der Waals surface area contributed by atoms with Crippen molar-refractivity contribution in [2.24, 2.45) is 0 Å². The van der Waals surface area contributed by atoms with Crippen LogP contribution in [0.5, 0.6) is 0 Å². The van der Waals surface area contributed by atoms with E-state index in [4.69, 9.17) is 0 Å². The fourth-order valence-electron chi connectivity index (χ4n) is 2.31. The van der Waals surface area contributed by atoms with Crippen molar-refractivity contribution in [3.05, 3.63) is 29.3 Å². The minimum atomic E-state index is 0.237. The molecular formula is C13H17NO. The Bertz CT molecular complexity index is 396. The zero-order valence-electron chi connectivity index (χ0n) is 9.58. The Morgan fingerprint density at radius 2 is 2.13 bits per heavy atom. The molecule has 0 saturated heterocycles. The van der Waals surface area contributed by atoms with Crippen LogP contribution in [0.2, 0.25) is 0 Å². The Morgan fingerprint density at radius 3 is 2.73 bits per heavy atom. The molecule has 80 valence electrons. The highest BCUT2D eigenvalue weighted by Crippen LogP contribution is 2.34. The molecule has 1 aliphatic rings. The van der Waals surface area contributed by atoms with Gasteiger partial charge in [0.05, 0.1) is 6.42 Å². The van der Waals surface area contributed by atoms with Crippen molar-refractivity contribution in [1.82, 2.24) is 0 Å². The molecule has 1 heterocycles. The number of fused-ring (bicyclic) bond motifs is 1. The molecule has 0 unspecified atom stereocenters. The molecule has 0 atom stereocenters. The number of anilines is 1. The Kier molecular flexibility index (Phi) is 2.51. The lowest BCUT2D eigenvalue weighted by molar-refractivity contribution is -0.117. The van der Waals surface area contributed by atoms with Crippen molar-refractivity contribution >= 4 is 11.6 Å². The second-order valence-corrected chi connectivity index (χ2v) is 4.31. The normalized spacial score (nSPS) is 14.9. The van der Waals surface area contributed by atoms with Crippen molar-refractivity contribution < 1.29 is 4.79 Å². The highest BCUT2D eigenvalue weighted by Gasteiger charge is 2.28. The van der Waals surface area contributed by atoms with E-state index in [0.29, 0.717) is 12.3 Å². The van der Waals surface area contributed by atoms with E-state index in [9.17, 15) is 4.79 Å². The summed E-state index contributed by atoms with van der Waals surface area (Å²) < 4.78 is 0. The number of benzene rings is 1. The summed E-state index contributed by atoms with van der Waals surface area (Å²) in [5, 5.41) is 0. The molecule has 1 amide bonds. The number of hydrogen-bond acceptors (Lipinski definition) is 1. The van der Waals surface area contributed by atoms with E-state index in [0.717, 1.165) is 12.2 Å². The zero-order chi connectivity index (χ0) is 11.0. The van der Waals surface area contributed by atoms with Crippen LogP contribution in [-0.2, 0) is 11.2 Å². The van der Waals surface area contributed by atoms with E-state index in [-0.39, 0.29) is 5.91 Å². The molecule has 1 aliphatic heterocycles. The summed E-state index contributed by atoms with van der Waals surface area (Å²) in [6.07, 6.45) is 0.581. The van der Waals surface area contributed by atoms with Gasteiger partial charge in [-0.1, -0.05) is 26.0 Å². The van der Waals surface area contributed by atoms with E-state index in [1.54, 1.807) is 0 Å². The Morgan fingerprint density at radius 1 is 1.40 bits per heavy atom. The molecule has 0 aromatic heterocycles. The number of likely N-dealkylation sites (N-methyl/N-ethyl adjacent to an activating group) is 1. The molecule has 2 rings (SSSR count). The van der Waals surface area contributed by atoms with Crippen LogP contribution in [0.4, 0.5) is 5.69 Å². The maximum atomic E-state index is 11.8. The van der Waals surface area contributed by atoms with Crippen LogP contribution < -0.4 is 4.90 Å². The quantitative estimate of drug-likeness (QED) is 0.723. The molecule has 0 saturated carbocycles. The first-order valence-electron chi connectivity index (χ1n) is 5.57. The first-order chi connectivity index (χ1) is 7.15. The van der Waals surface area contributed by atoms with Gasteiger partial charge in [-0.25, -0.2) is 0 Å². The molecule has 2 nitrogen and oxygen atoms in total. The van der Waals surface area contributed by atoms with Crippen LogP contribution in [0.15, 0.2) is 18.2 Å². The van der Waals surface area contributed by atoms with Crippen LogP contribution in [0.25, 0.3) is 0 Å². The summed E-state index contributed by atoms with van der Waals surface area (Å²) in [5.41, 5.74) is 3.67. The van der Waals surface area contributed by atoms with Gasteiger partial charge in [-0.15, -0.1) is 0 Å². The molecule has 0 N–H and O–H groups in total. The predicted octanol–water partition coefficient (Wildman–Crippen LogP) is 2.72. The fraction of sp³-hybridized carbons (Fsp3) is 0.462. The largest absolute Gasteiger partial charge is 0.312 e. The summed E-state index contributed by atoms with van der Waals surface area (Å²) in [6.45, 7) is 7.14. The van der Waals surface area contributed by atoms with Gasteiger partial charge < -0.3 is 4.90 Å². The number of rotatable bonds is 2. The molecule has 2 heteroatoms. The van der Waals surface area contributed by atoms with E-state index >= 15 is 0 Å². The smallest absolute Gasteiger partial charge is 0.231 e. The highest BCUT2D eigenvalue weighted by atomic mass is 16.2. The first kappa shape index (κ1) is 10.2. The number of hydrogen-bond donors (Lipinski definition) is 0. The maximum Gasteiger partial charge on any atom is 0.231 e. The summed E-state index contributed by atoms with van der Waals surface area (Å²) in [5.74, 6) is 0.727. The molecule has 0 radical (unpaired) electrons. The average molecular weight is 203 g/mol. The van der Waals surface area contributed by atoms with Gasteiger partial charge >= 0.3 is 0 Å². The van der Waals surface area contributed by atoms with Crippen molar-refractivity contribution in [1.29, 1.82) is 0 Å². The first-order valence-corrected chi connectivity index (χ1v) is 5.57. The average Bonchev–Trinajstić information content (AvgIpc) is 2.52. The number of nitrogens with zero attached hydrogens (tertiary/aromatic N) is 1. The van der Waals surface area contributed by atoms with Gasteiger partial charge in [-0.3, -0.25) is 4.79 Å². The van der Waals surface area contributed by atoms with Crippen molar-refractivity contribution in [2.45, 2.75) is 33.1 Å². The predicted molar refractivity (Wildman–Crippen MR) is 62.3 cm³/mol. The molecule has 0 aliphatic carbocycles. The van der Waals surface area contributed by atoms with Gasteiger partial charge in [0.1, 0.15) is 0 Å². The van der Waals surface area contributed by atoms with Crippen LogP contribution in [0, 0.1) is 0 Å². The van der Waals surface area contributed by atoms with Gasteiger partial charge in [0, 0.05) is 12.2 Å². The van der Waals surface area contributed by atoms with Crippen LogP contribution in [0.3, 0.4) is 0 Å². The summed E-state index contributed by atoms with van der Waals surface area (Å²) in [7, 11) is 0. The molecule has 0 fully saturated rings. The molecular weight excluding hydrogens is 186 g/mol. The monoisotopic (exact) mass is 203 g/mol. The van der Waals surface area contributed by atoms with Gasteiger partial charge in [-0.05, 0) is 30.0 Å². The minimum Gasteiger partial charge on any atom is -0.312 e. The SMILES string of the molecule is CCN1C(=O)Cc2c(C(C)C)cccc21. The van der Waals surface area contributed by atoms with Crippen molar-refractivity contribution in [3.8, 4) is 0 Å². The third-order valence-electron chi connectivity index (χ3n) is 3.05. The van der Waals surface area contributed by atoms with E-state index < -0.39 is 0 Å². The molecule has 1 aromatic rings. The maximum absolute atomic E-state index is 11.8. The van der Waals surface area contributed by atoms with E-state index in [1.165, 1.54) is 11.1 Å². The van der Waals surface area contributed by atoms with Crippen LogP contribution in [-0.4, -0.2) is 12.5 Å². The highest BCUT2D eigenvalue weighted by molar-refractivity contribution is 6.01. The lowest BCUT2D eigenvalue weighted by atomic mass is 9.95. The topological polar surface area (TPSA) is 20.3 Å². The van der Waals surface area contributed by atoms with E-state index in [1.807, 2.05) is 11.8 Å². The van der Waals surface area contributed by atoms with Gasteiger partial charge in [0.15, 0.2) is 0 Å². The van der Waals surface area contributed by atoms with Gasteiger partial charge in [0.2, 0.25) is 5.91 Å². The van der Waals surface area contributed by atoms with Gasteiger partial charge in [0.25, 0.3) is 0 Å². The summed E-state index contributed by atoms with van der Waals surface area (Å²) in [4.78, 5) is 13.6. The van der Waals surface area contributed by atoms with Crippen LogP contribution in [0.1, 0.15) is 37.8 Å². The standard InChI is InChI=1S/C13H17NO/c1-4-14-12-7-5-6-10(9(2)3)11(12)8-13(14)15/h5-7,9H,4,8H2,1-3H3. The minimum absolute atomic E-state index is 0.237. The second-order valence-electron chi connectivity index (χ2n) is 4.31. The number of carbonyl (C=O) groups is 1. The third kappa shape index (κ3) is 1.54. The number of carbonyl (C=O) groups excluding carboxylic acids is 1. The lowest BCUT2D eigenvalue weighted by Gasteiger charge is -2.16. The van der Waals surface area contributed by atoms with Crippen LogP contribution >= 0.6 is 0 Å². The molecule has 15 heavy (non-hydrogen) atoms. The van der Waals surface area contributed by atoms with Crippen molar-refractivity contribution in [2.75, 3.05) is 11.4 Å². The Hall–Kier alpha value is -1.31. The fourth-order valence-corrected chi connectivity index (χ4v) is 2.31. The summed E-state index contributed by atoms with van der Waals surface area (Å²) >= 11 is 0. The molecule has 0 spiro atoms. The van der Waals surface area contributed by atoms with Crippen molar-refractivity contribution in [3.63, 3.8) is 0 Å². The Balaban J connectivity index is 2.52. The van der Waals surface area contributed by atoms with Gasteiger partial charge in [-0.2, -0.15) is 0 Å². The lowest BCUT2D eigenvalue weighted by Crippen LogP contribution is -2.25. The number of amides is 1. The Labute approximate surface area is 90.9 Å². The third-order valence-corrected chi connectivity index (χ3v) is 3.05. The summed E-state index contributed by atoms with van der Waals surface area (Å²) in [6, 6.07) is 6.24. The second kappa shape index (κ2) is 3.69. The molecule has 1 aromatic carbocycles. The van der Waals surface area contributed by atoms with E-state index in [2.05, 4.69) is 32.0 Å². The molecule has 0 bridgehead atoms. The zero-order valence-corrected chi connectivity index (χ0v) is 9.58.